The van der Waals surface area contributed by atoms with Crippen LogP contribution in [0.3, 0.4) is 0 Å². The molecule has 19 heavy (non-hydrogen) atoms. The van der Waals surface area contributed by atoms with E-state index in [0.717, 1.165) is 6.54 Å². The molecule has 1 fully saturated rings. The van der Waals surface area contributed by atoms with Gasteiger partial charge in [0, 0.05) is 32.5 Å². The van der Waals surface area contributed by atoms with Gasteiger partial charge in [0.25, 0.3) is 0 Å². The molecular weight excluding hydrogens is 240 g/mol. The lowest BCUT2D eigenvalue weighted by Crippen LogP contribution is -2.43. The predicted octanol–water partition coefficient (Wildman–Crippen LogP) is 1.31. The first-order chi connectivity index (χ1) is 9.15. The Morgan fingerprint density at radius 2 is 1.84 bits per heavy atom. The van der Waals surface area contributed by atoms with E-state index in [4.69, 9.17) is 0 Å². The van der Waals surface area contributed by atoms with Gasteiger partial charge in [-0.15, -0.1) is 0 Å². The molecule has 1 aromatic rings. The van der Waals surface area contributed by atoms with Crippen molar-refractivity contribution < 1.29 is 9.59 Å². The molecule has 0 N–H and O–H groups in total. The Labute approximate surface area is 114 Å². The molecule has 1 saturated heterocycles. The van der Waals surface area contributed by atoms with Crippen LogP contribution in [-0.4, -0.2) is 48.2 Å². The summed E-state index contributed by atoms with van der Waals surface area (Å²) >= 11 is 0. The number of ketones is 1. The quantitative estimate of drug-likeness (QED) is 0.819. The van der Waals surface area contributed by atoms with E-state index in [9.17, 15) is 9.59 Å². The van der Waals surface area contributed by atoms with Gasteiger partial charge in [-0.3, -0.25) is 14.5 Å². The molecule has 0 aromatic heterocycles. The molecule has 0 spiro atoms. The topological polar surface area (TPSA) is 40.6 Å². The van der Waals surface area contributed by atoms with E-state index < -0.39 is 0 Å². The second-order valence-corrected chi connectivity index (χ2v) is 5.08. The maximum absolute atomic E-state index is 12.1. The molecule has 0 atom stereocenters. The Morgan fingerprint density at radius 3 is 2.47 bits per heavy atom. The lowest BCUT2D eigenvalue weighted by atomic mass is 10.1. The van der Waals surface area contributed by atoms with Crippen molar-refractivity contribution in [2.24, 2.45) is 0 Å². The minimum absolute atomic E-state index is 0.117. The van der Waals surface area contributed by atoms with Gasteiger partial charge in [-0.05, 0) is 12.6 Å². The van der Waals surface area contributed by atoms with Crippen molar-refractivity contribution in [3.8, 4) is 0 Å². The van der Waals surface area contributed by atoms with Crippen molar-refractivity contribution in [2.45, 2.75) is 19.4 Å². The predicted molar refractivity (Wildman–Crippen MR) is 73.6 cm³/mol. The van der Waals surface area contributed by atoms with Crippen LogP contribution in [-0.2, 0) is 16.1 Å². The number of hydrogen-bond donors (Lipinski definition) is 0. The highest BCUT2D eigenvalue weighted by molar-refractivity contribution is 5.84. The number of hydrogen-bond acceptors (Lipinski definition) is 3. The highest BCUT2D eigenvalue weighted by Gasteiger charge is 2.21. The van der Waals surface area contributed by atoms with E-state index in [2.05, 4.69) is 12.1 Å². The summed E-state index contributed by atoms with van der Waals surface area (Å²) in [4.78, 5) is 27.0. The second-order valence-electron chi connectivity index (χ2n) is 5.08. The summed E-state index contributed by atoms with van der Waals surface area (Å²) in [6, 6.07) is 10.1. The molecule has 0 radical (unpaired) electrons. The Bertz CT molecular complexity index is 435. The van der Waals surface area contributed by atoms with E-state index in [1.807, 2.05) is 30.1 Å². The highest BCUT2D eigenvalue weighted by Crippen LogP contribution is 2.07. The molecule has 1 amide bonds. The molecule has 0 bridgehead atoms. The number of benzene rings is 1. The van der Waals surface area contributed by atoms with Crippen molar-refractivity contribution >= 4 is 11.7 Å². The van der Waals surface area contributed by atoms with Crippen LogP contribution in [0, 0.1) is 0 Å². The van der Waals surface area contributed by atoms with Gasteiger partial charge in [0.2, 0.25) is 5.91 Å². The van der Waals surface area contributed by atoms with Crippen LogP contribution >= 0.6 is 0 Å². The molecule has 1 aliphatic rings. The van der Waals surface area contributed by atoms with Gasteiger partial charge in [0.1, 0.15) is 5.78 Å². The van der Waals surface area contributed by atoms with Gasteiger partial charge in [-0.2, -0.15) is 0 Å². The Kier molecular flexibility index (Phi) is 4.68. The van der Waals surface area contributed by atoms with E-state index in [1.54, 1.807) is 4.90 Å². The van der Waals surface area contributed by atoms with Gasteiger partial charge in [-0.1, -0.05) is 30.3 Å². The summed E-state index contributed by atoms with van der Waals surface area (Å²) in [7, 11) is 1.94. The van der Waals surface area contributed by atoms with Crippen molar-refractivity contribution in [3.05, 3.63) is 35.9 Å². The zero-order valence-electron chi connectivity index (χ0n) is 11.3. The van der Waals surface area contributed by atoms with Crippen molar-refractivity contribution in [1.82, 2.24) is 9.80 Å². The minimum atomic E-state index is 0.117. The van der Waals surface area contributed by atoms with Crippen LogP contribution in [0.5, 0.6) is 0 Å². The number of carbonyl (C=O) groups excluding carboxylic acids is 2. The molecular formula is C15H20N2O2. The maximum Gasteiger partial charge on any atom is 0.236 e. The first-order valence-corrected chi connectivity index (χ1v) is 6.67. The maximum atomic E-state index is 12.1. The van der Waals surface area contributed by atoms with E-state index in [0.29, 0.717) is 32.5 Å². The molecule has 0 saturated carbocycles. The first-order valence-electron chi connectivity index (χ1n) is 6.67. The summed E-state index contributed by atoms with van der Waals surface area (Å²) in [6.07, 6.45) is 1.02. The number of amides is 1. The van der Waals surface area contributed by atoms with Crippen LogP contribution in [0.1, 0.15) is 18.4 Å². The summed E-state index contributed by atoms with van der Waals surface area (Å²) in [6.45, 7) is 2.33. The monoisotopic (exact) mass is 260 g/mol. The molecule has 102 valence electrons. The van der Waals surface area contributed by atoms with E-state index >= 15 is 0 Å². The average Bonchev–Trinajstić information content (AvgIpc) is 2.40. The smallest absolute Gasteiger partial charge is 0.236 e. The molecule has 1 heterocycles. The third-order valence-corrected chi connectivity index (χ3v) is 3.37. The average molecular weight is 260 g/mol. The molecule has 0 unspecified atom stereocenters. The van der Waals surface area contributed by atoms with Gasteiger partial charge in [0.15, 0.2) is 0 Å². The molecule has 2 rings (SSSR count). The van der Waals surface area contributed by atoms with Crippen molar-refractivity contribution in [2.75, 3.05) is 26.7 Å². The molecule has 0 aliphatic carbocycles. The standard InChI is InChI=1S/C15H20N2O2/c1-16(11-13-5-3-2-4-6-13)12-15(19)17-9-7-14(18)8-10-17/h2-6H,7-12H2,1H3. The van der Waals surface area contributed by atoms with Crippen LogP contribution in [0.2, 0.25) is 0 Å². The lowest BCUT2D eigenvalue weighted by Gasteiger charge is -2.28. The fraction of sp³-hybridized carbons (Fsp3) is 0.467. The second kappa shape index (κ2) is 6.48. The van der Waals surface area contributed by atoms with Crippen molar-refractivity contribution in [3.63, 3.8) is 0 Å². The number of Topliss-reactive ketones (excluding diaryl/α,β-unsaturated/α-hetero) is 1. The highest BCUT2D eigenvalue weighted by atomic mass is 16.2. The third-order valence-electron chi connectivity index (χ3n) is 3.37. The van der Waals surface area contributed by atoms with Gasteiger partial charge in [0.05, 0.1) is 6.54 Å². The summed E-state index contributed by atoms with van der Waals surface area (Å²) in [5.41, 5.74) is 1.20. The normalized spacial score (nSPS) is 15.9. The summed E-state index contributed by atoms with van der Waals surface area (Å²) < 4.78 is 0. The van der Waals surface area contributed by atoms with Crippen molar-refractivity contribution in [1.29, 1.82) is 0 Å². The molecule has 1 aliphatic heterocycles. The number of nitrogens with zero attached hydrogens (tertiary/aromatic N) is 2. The van der Waals surface area contributed by atoms with Crippen LogP contribution in [0.15, 0.2) is 30.3 Å². The number of piperidine rings is 1. The van der Waals surface area contributed by atoms with E-state index in [1.165, 1.54) is 5.56 Å². The Hall–Kier alpha value is -1.68. The summed E-state index contributed by atoms with van der Waals surface area (Å²) in [5.74, 6) is 0.382. The fourth-order valence-electron chi connectivity index (χ4n) is 2.29. The zero-order chi connectivity index (χ0) is 13.7. The molecule has 1 aromatic carbocycles. The number of carbonyl (C=O) groups is 2. The number of rotatable bonds is 4. The van der Waals surface area contributed by atoms with Gasteiger partial charge in [-0.25, -0.2) is 0 Å². The zero-order valence-corrected chi connectivity index (χ0v) is 11.3. The summed E-state index contributed by atoms with van der Waals surface area (Å²) in [5, 5.41) is 0. The molecule has 4 nitrogen and oxygen atoms in total. The van der Waals surface area contributed by atoms with E-state index in [-0.39, 0.29) is 11.7 Å². The number of likely N-dealkylation sites (tertiary alicyclic amines) is 1. The fourth-order valence-corrected chi connectivity index (χ4v) is 2.29. The van der Waals surface area contributed by atoms with Gasteiger partial charge < -0.3 is 4.90 Å². The Balaban J connectivity index is 1.80. The SMILES string of the molecule is CN(CC(=O)N1CCC(=O)CC1)Cc1ccccc1. The van der Waals surface area contributed by atoms with Crippen LogP contribution in [0.4, 0.5) is 0 Å². The van der Waals surface area contributed by atoms with Gasteiger partial charge >= 0.3 is 0 Å². The third kappa shape index (κ3) is 4.17. The van der Waals surface area contributed by atoms with Crippen LogP contribution < -0.4 is 0 Å². The molecule has 4 heteroatoms. The first kappa shape index (κ1) is 13.7. The Morgan fingerprint density at radius 1 is 1.21 bits per heavy atom. The van der Waals surface area contributed by atoms with Crippen LogP contribution in [0.25, 0.3) is 0 Å². The lowest BCUT2D eigenvalue weighted by molar-refractivity contribution is -0.135. The minimum Gasteiger partial charge on any atom is -0.341 e. The largest absolute Gasteiger partial charge is 0.341 e. The number of likely N-dealkylation sites (N-methyl/N-ethyl adjacent to an activating group) is 1.